The number of aryl methyl sites for hydroxylation is 1. The summed E-state index contributed by atoms with van der Waals surface area (Å²) in [7, 11) is 0. The predicted molar refractivity (Wildman–Crippen MR) is 215 cm³/mol. The van der Waals surface area contributed by atoms with Gasteiger partial charge in [-0.15, -0.1) is 22.7 Å². The van der Waals surface area contributed by atoms with Gasteiger partial charge in [0.05, 0.1) is 18.5 Å². The topological polar surface area (TPSA) is 49.2 Å². The van der Waals surface area contributed by atoms with Crippen LogP contribution in [0.3, 0.4) is 0 Å². The summed E-state index contributed by atoms with van der Waals surface area (Å²) in [6, 6.07) is 46.1. The largest absolute Gasteiger partial charge is 0.456 e. The summed E-state index contributed by atoms with van der Waals surface area (Å²) in [5, 5.41) is 18.0. The highest BCUT2D eigenvalue weighted by molar-refractivity contribution is 7.25. The first kappa shape index (κ1) is 29.6. The Morgan fingerprint density at radius 2 is 1.33 bits per heavy atom. The highest BCUT2D eigenvalue weighted by Gasteiger charge is 2.32. The maximum absolute atomic E-state index is 6.77. The molecule has 1 fully saturated rings. The van der Waals surface area contributed by atoms with E-state index in [1.165, 1.54) is 63.0 Å². The fourth-order valence-corrected chi connectivity index (χ4v) is 10.8. The average molecular weight is 696 g/mol. The first-order valence-electron chi connectivity index (χ1n) is 17.7. The number of benzene rings is 6. The van der Waals surface area contributed by atoms with Gasteiger partial charge < -0.3 is 4.42 Å². The molecule has 11 rings (SSSR count). The zero-order valence-electron chi connectivity index (χ0n) is 27.7. The maximum Gasteiger partial charge on any atom is 0.141 e. The van der Waals surface area contributed by atoms with Crippen LogP contribution in [-0.4, -0.2) is 0 Å². The van der Waals surface area contributed by atoms with Crippen LogP contribution in [0.25, 0.3) is 69.4 Å². The number of allylic oxidation sites excluding steroid dienone is 1. The van der Waals surface area contributed by atoms with Crippen LogP contribution in [0.15, 0.2) is 138 Å². The molecule has 3 aromatic heterocycles. The maximum atomic E-state index is 6.77. The molecular formula is C45H33N3OS2. The minimum Gasteiger partial charge on any atom is -0.456 e. The van der Waals surface area contributed by atoms with E-state index in [2.05, 4.69) is 155 Å². The van der Waals surface area contributed by atoms with Gasteiger partial charge in [-0.25, -0.2) is 0 Å². The van der Waals surface area contributed by atoms with E-state index in [1.54, 1.807) is 0 Å². The van der Waals surface area contributed by atoms with Crippen LogP contribution in [0.5, 0.6) is 0 Å². The quantitative estimate of drug-likeness (QED) is 0.172. The number of fused-ring (bicyclic) bond motifs is 9. The van der Waals surface area contributed by atoms with E-state index in [4.69, 9.17) is 4.42 Å². The molecule has 9 aromatic rings. The van der Waals surface area contributed by atoms with Crippen molar-refractivity contribution >= 4 is 80.9 Å². The molecule has 1 aliphatic heterocycles. The Balaban J connectivity index is 1.04. The van der Waals surface area contributed by atoms with Gasteiger partial charge in [0.15, 0.2) is 0 Å². The van der Waals surface area contributed by atoms with Gasteiger partial charge >= 0.3 is 0 Å². The molecule has 3 atom stereocenters. The SMILES string of the molecule is C1=Cc2c(sc3c(-c4ccc5oc6c(C7NC(c8ccccc8)NC(c8cccc9sc%10ccccc%10c89)N7)cccc6c5c4)cccc23)CC1. The number of rotatable bonds is 4. The minimum atomic E-state index is -0.176. The highest BCUT2D eigenvalue weighted by Crippen LogP contribution is 2.44. The molecule has 6 heteroatoms. The van der Waals surface area contributed by atoms with Gasteiger partial charge in [-0.1, -0.05) is 115 Å². The Bertz CT molecular complexity index is 2830. The average Bonchev–Trinajstić information content (AvgIpc) is 3.89. The zero-order chi connectivity index (χ0) is 33.5. The molecule has 1 aliphatic carbocycles. The molecule has 246 valence electrons. The molecule has 1 saturated heterocycles. The summed E-state index contributed by atoms with van der Waals surface area (Å²) in [5.41, 5.74) is 9.27. The van der Waals surface area contributed by atoms with Crippen LogP contribution >= 0.6 is 22.7 Å². The van der Waals surface area contributed by atoms with Crippen LogP contribution in [0.2, 0.25) is 0 Å². The van der Waals surface area contributed by atoms with Crippen molar-refractivity contribution in [2.24, 2.45) is 0 Å². The van der Waals surface area contributed by atoms with E-state index < -0.39 is 0 Å². The molecule has 3 unspecified atom stereocenters. The number of thiophene rings is 2. The molecule has 0 amide bonds. The number of nitrogens with one attached hydrogen (secondary N) is 3. The van der Waals surface area contributed by atoms with Gasteiger partial charge in [0.2, 0.25) is 0 Å². The normalized spacial score (nSPS) is 19.1. The minimum absolute atomic E-state index is 0.0826. The molecule has 6 aromatic carbocycles. The lowest BCUT2D eigenvalue weighted by molar-refractivity contribution is 0.204. The van der Waals surface area contributed by atoms with Crippen LogP contribution in [0, 0.1) is 0 Å². The Kier molecular flexibility index (Phi) is 6.82. The molecule has 0 saturated carbocycles. The molecule has 4 heterocycles. The molecule has 2 aliphatic rings. The lowest BCUT2D eigenvalue weighted by Crippen LogP contribution is -2.54. The summed E-state index contributed by atoms with van der Waals surface area (Å²) in [5.74, 6) is 0. The van der Waals surface area contributed by atoms with E-state index in [-0.39, 0.29) is 18.5 Å². The number of hydrogen-bond acceptors (Lipinski definition) is 6. The lowest BCUT2D eigenvalue weighted by atomic mass is 9.97. The standard InChI is InChI=1S/C45H33N3OS2/c1-2-11-26(12-3-1)43-46-44(33-18-10-22-39-40(33)32-14-5-7-21-38(32)50-39)48-45(47-43)34-19-9-16-30-35-25-27(23-24-36(35)49-41(30)34)28-15-8-17-31-29-13-4-6-20-37(29)51-42(28)31/h1-5,7-19,21-25,43-48H,6,20H2. The fraction of sp³-hybridized carbons (Fsp3) is 0.111. The summed E-state index contributed by atoms with van der Waals surface area (Å²) in [6.45, 7) is 0. The molecule has 51 heavy (non-hydrogen) atoms. The van der Waals surface area contributed by atoms with Gasteiger partial charge in [-0.05, 0) is 64.9 Å². The fourth-order valence-electron chi connectivity index (χ4n) is 8.30. The van der Waals surface area contributed by atoms with Gasteiger partial charge in [0.1, 0.15) is 11.2 Å². The van der Waals surface area contributed by atoms with Crippen LogP contribution in [0.1, 0.15) is 52.0 Å². The van der Waals surface area contributed by atoms with Crippen molar-refractivity contribution in [2.75, 3.05) is 0 Å². The Morgan fingerprint density at radius 1 is 0.588 bits per heavy atom. The van der Waals surface area contributed by atoms with Gasteiger partial charge in [0.25, 0.3) is 0 Å². The van der Waals surface area contributed by atoms with Crippen molar-refractivity contribution in [3.63, 3.8) is 0 Å². The van der Waals surface area contributed by atoms with E-state index >= 15 is 0 Å². The lowest BCUT2D eigenvalue weighted by Gasteiger charge is -2.39. The number of hydrogen-bond donors (Lipinski definition) is 3. The van der Waals surface area contributed by atoms with Gasteiger partial charge in [-0.2, -0.15) is 0 Å². The Labute approximate surface area is 303 Å². The molecule has 3 N–H and O–H groups in total. The van der Waals surface area contributed by atoms with Gasteiger partial charge in [0, 0.05) is 51.5 Å². The molecule has 0 radical (unpaired) electrons. The summed E-state index contributed by atoms with van der Waals surface area (Å²) >= 11 is 3.81. The molecular weight excluding hydrogens is 663 g/mol. The summed E-state index contributed by atoms with van der Waals surface area (Å²) < 4.78 is 10.8. The zero-order valence-corrected chi connectivity index (χ0v) is 29.3. The second kappa shape index (κ2) is 11.7. The third kappa shape index (κ3) is 4.75. The van der Waals surface area contributed by atoms with E-state index in [9.17, 15) is 0 Å². The van der Waals surface area contributed by atoms with Crippen LogP contribution in [0.4, 0.5) is 0 Å². The summed E-state index contributed by atoms with van der Waals surface area (Å²) in [6.07, 6.45) is 6.51. The molecule has 0 bridgehead atoms. The molecule has 4 nitrogen and oxygen atoms in total. The second-order valence-corrected chi connectivity index (χ2v) is 15.8. The van der Waals surface area contributed by atoms with Crippen molar-refractivity contribution < 1.29 is 4.42 Å². The van der Waals surface area contributed by atoms with E-state index in [1.807, 2.05) is 22.7 Å². The van der Waals surface area contributed by atoms with E-state index in [0.717, 1.165) is 40.3 Å². The van der Waals surface area contributed by atoms with Crippen LogP contribution < -0.4 is 16.0 Å². The van der Waals surface area contributed by atoms with Crippen molar-refractivity contribution in [2.45, 2.75) is 31.3 Å². The van der Waals surface area contributed by atoms with E-state index in [0.29, 0.717) is 0 Å². The van der Waals surface area contributed by atoms with Crippen molar-refractivity contribution in [1.82, 2.24) is 16.0 Å². The van der Waals surface area contributed by atoms with Crippen molar-refractivity contribution in [3.05, 3.63) is 161 Å². The Morgan fingerprint density at radius 3 is 2.27 bits per heavy atom. The predicted octanol–water partition coefficient (Wildman–Crippen LogP) is 12.0. The van der Waals surface area contributed by atoms with Crippen molar-refractivity contribution in [1.29, 1.82) is 0 Å². The van der Waals surface area contributed by atoms with Gasteiger partial charge in [-0.3, -0.25) is 16.0 Å². The Hall–Kier alpha value is -5.08. The second-order valence-electron chi connectivity index (χ2n) is 13.6. The smallest absolute Gasteiger partial charge is 0.141 e. The number of furan rings is 1. The highest BCUT2D eigenvalue weighted by atomic mass is 32.1. The molecule has 0 spiro atoms. The van der Waals surface area contributed by atoms with Crippen molar-refractivity contribution in [3.8, 4) is 11.1 Å². The first-order valence-corrected chi connectivity index (χ1v) is 19.3. The summed E-state index contributed by atoms with van der Waals surface area (Å²) in [4.78, 5) is 1.50. The van der Waals surface area contributed by atoms with Crippen LogP contribution in [-0.2, 0) is 6.42 Å². The third-order valence-electron chi connectivity index (χ3n) is 10.7. The third-order valence-corrected chi connectivity index (χ3v) is 13.1. The monoisotopic (exact) mass is 695 g/mol. The number of para-hydroxylation sites is 1. The first-order chi connectivity index (χ1) is 25.3.